The van der Waals surface area contributed by atoms with Crippen LogP contribution in [-0.4, -0.2) is 40.3 Å². The Morgan fingerprint density at radius 2 is 2.23 bits per heavy atom. The summed E-state index contributed by atoms with van der Waals surface area (Å²) in [5, 5.41) is 13.1. The molecule has 1 aliphatic heterocycles. The molecule has 1 unspecified atom stereocenters. The van der Waals surface area contributed by atoms with Crippen molar-refractivity contribution in [3.63, 3.8) is 0 Å². The predicted octanol–water partition coefficient (Wildman–Crippen LogP) is 2.45. The SMILES string of the molecule is COC[C@H]1Cc2cc3c(c(NC(=O)N=S(N)(=O)c4cnn5c4OCCC5)c2C1)CCC3. The number of nitrogens with zero attached hydrogens (tertiary/aromatic N) is 3. The highest BCUT2D eigenvalue weighted by Gasteiger charge is 2.30. The van der Waals surface area contributed by atoms with Crippen LogP contribution in [0.5, 0.6) is 5.88 Å². The smallest absolute Gasteiger partial charge is 0.354 e. The Morgan fingerprint density at radius 1 is 1.35 bits per heavy atom. The second kappa shape index (κ2) is 7.92. The summed E-state index contributed by atoms with van der Waals surface area (Å²) in [7, 11) is -1.78. The van der Waals surface area contributed by atoms with Crippen LogP contribution in [0.1, 0.15) is 35.1 Å². The average molecular weight is 446 g/mol. The molecular formula is C21H27N5O4S. The monoisotopic (exact) mass is 445 g/mol. The highest BCUT2D eigenvalue weighted by atomic mass is 32.2. The van der Waals surface area contributed by atoms with Crippen LogP contribution in [0, 0.1) is 5.92 Å². The Morgan fingerprint density at radius 3 is 3.06 bits per heavy atom. The molecule has 0 bridgehead atoms. The van der Waals surface area contributed by atoms with Crippen molar-refractivity contribution in [3.8, 4) is 5.88 Å². The first-order valence-electron chi connectivity index (χ1n) is 10.7. The Bertz CT molecular complexity index is 1170. The second-order valence-corrected chi connectivity index (χ2v) is 10.2. The number of aryl methyl sites for hydroxylation is 2. The first-order valence-corrected chi connectivity index (χ1v) is 12.2. The number of benzene rings is 1. The van der Waals surface area contributed by atoms with Crippen LogP contribution >= 0.6 is 0 Å². The molecule has 2 heterocycles. The largest absolute Gasteiger partial charge is 0.477 e. The fourth-order valence-electron chi connectivity index (χ4n) is 4.99. The van der Waals surface area contributed by atoms with Gasteiger partial charge in [0, 0.05) is 32.4 Å². The van der Waals surface area contributed by atoms with Crippen molar-refractivity contribution in [3.05, 3.63) is 34.5 Å². The van der Waals surface area contributed by atoms with Gasteiger partial charge in [-0.05, 0) is 60.3 Å². The van der Waals surface area contributed by atoms with Crippen LogP contribution in [0.3, 0.4) is 0 Å². The van der Waals surface area contributed by atoms with Crippen LogP contribution in [0.15, 0.2) is 21.5 Å². The third kappa shape index (κ3) is 3.72. The number of ether oxygens (including phenoxy) is 2. The van der Waals surface area contributed by atoms with Crippen molar-refractivity contribution < 1.29 is 18.5 Å². The van der Waals surface area contributed by atoms with Crippen molar-refractivity contribution in [2.75, 3.05) is 25.6 Å². The number of carbonyl (C=O) groups is 1. The quantitative estimate of drug-likeness (QED) is 0.749. The van der Waals surface area contributed by atoms with E-state index in [1.807, 2.05) is 0 Å². The van der Waals surface area contributed by atoms with Gasteiger partial charge >= 0.3 is 6.03 Å². The number of hydrogen-bond donors (Lipinski definition) is 2. The molecule has 166 valence electrons. The molecule has 0 spiro atoms. The highest BCUT2D eigenvalue weighted by molar-refractivity contribution is 7.91. The molecule has 3 N–H and O–H groups in total. The molecule has 0 radical (unpaired) electrons. The zero-order valence-corrected chi connectivity index (χ0v) is 18.4. The van der Waals surface area contributed by atoms with Gasteiger partial charge in [-0.1, -0.05) is 6.07 Å². The topological polar surface area (TPSA) is 121 Å². The molecule has 2 amide bonds. The van der Waals surface area contributed by atoms with E-state index in [1.165, 1.54) is 17.3 Å². The van der Waals surface area contributed by atoms with Crippen LogP contribution in [-0.2, 0) is 46.9 Å². The maximum absolute atomic E-state index is 13.1. The highest BCUT2D eigenvalue weighted by Crippen LogP contribution is 2.40. The first-order chi connectivity index (χ1) is 15.0. The summed E-state index contributed by atoms with van der Waals surface area (Å²) in [5.41, 5.74) is 5.65. The van der Waals surface area contributed by atoms with Crippen molar-refractivity contribution in [1.29, 1.82) is 0 Å². The second-order valence-electron chi connectivity index (χ2n) is 8.44. The van der Waals surface area contributed by atoms with Gasteiger partial charge in [0.1, 0.15) is 4.90 Å². The maximum Gasteiger partial charge on any atom is 0.354 e. The number of fused-ring (bicyclic) bond motifs is 3. The number of nitrogens with one attached hydrogen (secondary N) is 1. The number of methoxy groups -OCH3 is 1. The zero-order chi connectivity index (χ0) is 21.6. The molecule has 1 aromatic carbocycles. The maximum atomic E-state index is 13.1. The van der Waals surface area contributed by atoms with Gasteiger partial charge in [-0.3, -0.25) is 0 Å². The van der Waals surface area contributed by atoms with Gasteiger partial charge in [0.15, 0.2) is 9.92 Å². The van der Waals surface area contributed by atoms with Gasteiger partial charge in [-0.2, -0.15) is 5.10 Å². The Hall–Kier alpha value is -2.43. The summed E-state index contributed by atoms with van der Waals surface area (Å²) in [6.07, 6.45) is 6.95. The summed E-state index contributed by atoms with van der Waals surface area (Å²) in [5.74, 6) is 0.726. The van der Waals surface area contributed by atoms with E-state index in [4.69, 9.17) is 14.6 Å². The van der Waals surface area contributed by atoms with Crippen molar-refractivity contribution >= 4 is 21.6 Å². The van der Waals surface area contributed by atoms with Gasteiger partial charge in [-0.15, -0.1) is 4.36 Å². The third-order valence-corrected chi connectivity index (χ3v) is 7.63. The Labute approximate surface area is 181 Å². The lowest BCUT2D eigenvalue weighted by molar-refractivity contribution is 0.156. The van der Waals surface area contributed by atoms with Crippen molar-refractivity contribution in [2.45, 2.75) is 50.0 Å². The fraction of sp³-hybridized carbons (Fsp3) is 0.524. The summed E-state index contributed by atoms with van der Waals surface area (Å²) < 4.78 is 29.5. The molecule has 5 rings (SSSR count). The molecule has 3 aliphatic rings. The van der Waals surface area contributed by atoms with Gasteiger partial charge in [-0.25, -0.2) is 18.8 Å². The molecule has 2 aromatic rings. The van der Waals surface area contributed by atoms with E-state index in [2.05, 4.69) is 20.8 Å². The van der Waals surface area contributed by atoms with Gasteiger partial charge < -0.3 is 14.8 Å². The molecule has 0 saturated heterocycles. The third-order valence-electron chi connectivity index (χ3n) is 6.28. The lowest BCUT2D eigenvalue weighted by atomic mass is 9.99. The van der Waals surface area contributed by atoms with E-state index in [9.17, 15) is 9.00 Å². The lowest BCUT2D eigenvalue weighted by Crippen LogP contribution is -2.21. The summed E-state index contributed by atoms with van der Waals surface area (Å²) >= 11 is 0. The van der Waals surface area contributed by atoms with Gasteiger partial charge in [0.2, 0.25) is 5.88 Å². The molecule has 2 aliphatic carbocycles. The minimum Gasteiger partial charge on any atom is -0.477 e. The number of aromatic nitrogens is 2. The zero-order valence-electron chi connectivity index (χ0n) is 17.6. The van der Waals surface area contributed by atoms with E-state index in [-0.39, 0.29) is 4.90 Å². The summed E-state index contributed by atoms with van der Waals surface area (Å²) in [6.45, 7) is 1.83. The number of carbonyl (C=O) groups excluding carboxylic acids is 1. The minimum atomic E-state index is -3.49. The van der Waals surface area contributed by atoms with Gasteiger partial charge in [0.05, 0.1) is 12.8 Å². The van der Waals surface area contributed by atoms with Crippen molar-refractivity contribution in [1.82, 2.24) is 9.78 Å². The molecule has 31 heavy (non-hydrogen) atoms. The normalized spacial score (nSPS) is 20.9. The van der Waals surface area contributed by atoms with Crippen LogP contribution in [0.2, 0.25) is 0 Å². The number of nitrogens with two attached hydrogens (primary N) is 1. The molecule has 2 atom stereocenters. The number of amides is 2. The molecule has 0 fully saturated rings. The molecule has 0 saturated carbocycles. The molecular weight excluding hydrogens is 418 g/mol. The minimum absolute atomic E-state index is 0.158. The summed E-state index contributed by atoms with van der Waals surface area (Å²) in [6, 6.07) is 1.57. The first kappa shape index (κ1) is 20.5. The Kier molecular flexibility index (Phi) is 5.23. The number of rotatable bonds is 4. The molecule has 10 heteroatoms. The Balaban J connectivity index is 1.46. The van der Waals surface area contributed by atoms with Crippen LogP contribution < -0.4 is 15.2 Å². The molecule has 1 aromatic heterocycles. The number of anilines is 1. The van der Waals surface area contributed by atoms with Crippen LogP contribution in [0.4, 0.5) is 10.5 Å². The lowest BCUT2D eigenvalue weighted by Gasteiger charge is -2.16. The van der Waals surface area contributed by atoms with E-state index in [1.54, 1.807) is 11.8 Å². The predicted molar refractivity (Wildman–Crippen MR) is 116 cm³/mol. The molecule has 9 nitrogen and oxygen atoms in total. The number of urea groups is 1. The summed E-state index contributed by atoms with van der Waals surface area (Å²) in [4.78, 5) is 13.0. The number of hydrogen-bond acceptors (Lipinski definition) is 5. The van der Waals surface area contributed by atoms with E-state index in [0.29, 0.717) is 31.6 Å². The van der Waals surface area contributed by atoms with Crippen LogP contribution in [0.25, 0.3) is 0 Å². The fourth-order valence-corrected chi connectivity index (χ4v) is 5.99. The standard InChI is InChI=1S/C21H27N5O4S/c1-29-12-13-8-15-10-14-4-2-5-16(14)19(17(15)9-13)24-21(27)25-31(22,28)18-11-23-26-6-3-7-30-20(18)26/h10-11,13H,2-9,12H2,1H3,(H3,22,24,25,27,28)/t13-,31?/m0/s1. The van der Waals surface area contributed by atoms with E-state index >= 15 is 0 Å². The average Bonchev–Trinajstić information content (AvgIpc) is 3.45. The van der Waals surface area contributed by atoms with E-state index < -0.39 is 15.9 Å². The van der Waals surface area contributed by atoms with Crippen molar-refractivity contribution in [2.24, 2.45) is 15.4 Å². The van der Waals surface area contributed by atoms with E-state index in [0.717, 1.165) is 55.3 Å². The van der Waals surface area contributed by atoms with Gasteiger partial charge in [0.25, 0.3) is 0 Å².